The number of unbranched alkanes of at least 4 members (excludes halogenated alkanes) is 6. The van der Waals surface area contributed by atoms with Crippen LogP contribution in [0, 0.1) is 0 Å². The highest BCUT2D eigenvalue weighted by Gasteiger charge is 2.44. The average Bonchev–Trinajstić information content (AvgIpc) is 2.83. The maximum Gasteiger partial charge on any atom is 0.266 e. The van der Waals surface area contributed by atoms with Crippen LogP contribution in [0.15, 0.2) is 0 Å². The second-order valence-corrected chi connectivity index (χ2v) is 11.5. The van der Waals surface area contributed by atoms with Crippen LogP contribution in [0.2, 0.25) is 0 Å². The monoisotopic (exact) mass is 557 g/mol. The normalized spacial score (nSPS) is 26.1. The number of nitrogens with one attached hydrogen (secondary N) is 1. The molecule has 1 fully saturated rings. The van der Waals surface area contributed by atoms with Crippen LogP contribution in [-0.4, -0.2) is 106 Å². The van der Waals surface area contributed by atoms with Crippen molar-refractivity contribution in [2.75, 3.05) is 18.9 Å². The van der Waals surface area contributed by atoms with Gasteiger partial charge < -0.3 is 40.3 Å². The van der Waals surface area contributed by atoms with Crippen LogP contribution in [0.5, 0.6) is 0 Å². The Kier molecular flexibility index (Phi) is 17.0. The van der Waals surface area contributed by atoms with Crippen molar-refractivity contribution in [1.82, 2.24) is 5.32 Å². The van der Waals surface area contributed by atoms with E-state index >= 15 is 0 Å². The van der Waals surface area contributed by atoms with Crippen LogP contribution in [0.25, 0.3) is 0 Å². The van der Waals surface area contributed by atoms with E-state index in [1.807, 2.05) is 6.92 Å². The summed E-state index contributed by atoms with van der Waals surface area (Å²) >= 11 is 0. The van der Waals surface area contributed by atoms with Gasteiger partial charge in [0.25, 0.3) is 10.1 Å². The zero-order valence-corrected chi connectivity index (χ0v) is 22.6. The van der Waals surface area contributed by atoms with Gasteiger partial charge in [-0.05, 0) is 32.6 Å². The second-order valence-electron chi connectivity index (χ2n) is 9.88. The van der Waals surface area contributed by atoms with E-state index in [0.717, 1.165) is 57.8 Å². The molecule has 0 unspecified atom stereocenters. The summed E-state index contributed by atoms with van der Waals surface area (Å²) in [5, 5.41) is 51.5. The van der Waals surface area contributed by atoms with E-state index in [0.29, 0.717) is 19.3 Å². The van der Waals surface area contributed by atoms with E-state index in [1.165, 1.54) is 0 Å². The Morgan fingerprint density at radius 3 is 2.05 bits per heavy atom. The molecule has 0 spiro atoms. The number of aliphatic hydroxyl groups excluding tert-OH is 5. The lowest BCUT2D eigenvalue weighted by atomic mass is 9.99. The second kappa shape index (κ2) is 18.4. The fourth-order valence-corrected chi connectivity index (χ4v) is 4.57. The number of hydrogen-bond donors (Lipinski definition) is 7. The van der Waals surface area contributed by atoms with E-state index in [9.17, 15) is 38.7 Å². The molecule has 1 heterocycles. The van der Waals surface area contributed by atoms with Gasteiger partial charge in [-0.25, -0.2) is 0 Å². The lowest BCUT2D eigenvalue weighted by Gasteiger charge is -2.40. The van der Waals surface area contributed by atoms with Crippen LogP contribution in [0.1, 0.15) is 84.0 Å². The largest absolute Gasteiger partial charge is 0.394 e. The maximum absolute atomic E-state index is 11.6. The van der Waals surface area contributed by atoms with Gasteiger partial charge >= 0.3 is 0 Å². The summed E-state index contributed by atoms with van der Waals surface area (Å²) in [5.74, 6) is -0.728. The van der Waals surface area contributed by atoms with Gasteiger partial charge in [0.05, 0.1) is 24.6 Å². The Balaban J connectivity index is 2.00. The summed E-state index contributed by atoms with van der Waals surface area (Å²) in [5.41, 5.74) is 0. The van der Waals surface area contributed by atoms with Gasteiger partial charge in [0.1, 0.15) is 24.4 Å². The summed E-state index contributed by atoms with van der Waals surface area (Å²) in [6, 6.07) is 0. The smallest absolute Gasteiger partial charge is 0.266 e. The minimum atomic E-state index is -4.06. The van der Waals surface area contributed by atoms with Crippen molar-refractivity contribution in [3.63, 3.8) is 0 Å². The number of hydrogen-bond acceptors (Lipinski definition) is 10. The molecular weight excluding hydrogens is 510 g/mol. The molecule has 0 aromatic heterocycles. The summed E-state index contributed by atoms with van der Waals surface area (Å²) in [6.45, 7) is 1.24. The fraction of sp³-hybridized carbons (Fsp3) is 0.958. The summed E-state index contributed by atoms with van der Waals surface area (Å²) in [6.07, 6.45) is 2.56. The molecule has 0 bridgehead atoms. The Hall–Kier alpha value is -0.900. The molecule has 1 aliphatic heterocycles. The topological polar surface area (TPSA) is 203 Å². The van der Waals surface area contributed by atoms with Crippen molar-refractivity contribution in [2.24, 2.45) is 0 Å². The number of carbonyl (C=O) groups excluding carboxylic acids is 1. The van der Waals surface area contributed by atoms with E-state index < -0.39 is 53.2 Å². The SMILES string of the molecule is C[C@H](CCCCCC[C@H](O)CCCCCCC(=O)NCCS(=O)(=O)O)O[C@@H]1O[C@H](CO)[C@@H](O)[C@H](O)[C@H]1O. The molecular formula is C24H47NO11S. The summed E-state index contributed by atoms with van der Waals surface area (Å²) in [4.78, 5) is 11.6. The van der Waals surface area contributed by atoms with Gasteiger partial charge in [0, 0.05) is 13.0 Å². The lowest BCUT2D eigenvalue weighted by Crippen LogP contribution is -2.59. The first-order valence-corrected chi connectivity index (χ1v) is 14.9. The van der Waals surface area contributed by atoms with E-state index in [-0.39, 0.29) is 24.7 Å². The van der Waals surface area contributed by atoms with E-state index in [1.54, 1.807) is 0 Å². The highest BCUT2D eigenvalue weighted by Crippen LogP contribution is 2.24. The van der Waals surface area contributed by atoms with Crippen molar-refractivity contribution in [3.05, 3.63) is 0 Å². The predicted octanol–water partition coefficient (Wildman–Crippen LogP) is 0.238. The van der Waals surface area contributed by atoms with Crippen molar-refractivity contribution in [2.45, 2.75) is 127 Å². The van der Waals surface area contributed by atoms with Crippen LogP contribution in [-0.2, 0) is 24.4 Å². The Morgan fingerprint density at radius 2 is 1.49 bits per heavy atom. The number of amides is 1. The van der Waals surface area contributed by atoms with Gasteiger partial charge in [-0.3, -0.25) is 9.35 Å². The number of aliphatic hydroxyl groups is 5. The number of rotatable bonds is 20. The lowest BCUT2D eigenvalue weighted by molar-refractivity contribution is -0.310. The Morgan fingerprint density at radius 1 is 0.919 bits per heavy atom. The molecule has 0 aliphatic carbocycles. The molecule has 12 nitrogen and oxygen atoms in total. The molecule has 1 aliphatic rings. The average molecular weight is 558 g/mol. The van der Waals surface area contributed by atoms with Crippen molar-refractivity contribution in [3.8, 4) is 0 Å². The molecule has 0 aromatic rings. The van der Waals surface area contributed by atoms with E-state index in [4.69, 9.17) is 14.0 Å². The zero-order chi connectivity index (χ0) is 27.8. The minimum Gasteiger partial charge on any atom is -0.394 e. The number of ether oxygens (including phenoxy) is 2. The maximum atomic E-state index is 11.6. The van der Waals surface area contributed by atoms with Gasteiger partial charge in [0.2, 0.25) is 5.91 Å². The highest BCUT2D eigenvalue weighted by atomic mass is 32.2. The Bertz CT molecular complexity index is 721. The summed E-state index contributed by atoms with van der Waals surface area (Å²) < 4.78 is 40.8. The van der Waals surface area contributed by atoms with Gasteiger partial charge in [0.15, 0.2) is 6.29 Å². The quantitative estimate of drug-likeness (QED) is 0.0798. The third kappa shape index (κ3) is 15.3. The molecule has 1 rings (SSSR count). The van der Waals surface area contributed by atoms with Gasteiger partial charge in [-0.2, -0.15) is 8.42 Å². The Labute approximate surface area is 220 Å². The molecule has 0 saturated carbocycles. The van der Waals surface area contributed by atoms with Crippen LogP contribution in [0.4, 0.5) is 0 Å². The molecule has 7 atom stereocenters. The van der Waals surface area contributed by atoms with Gasteiger partial charge in [-0.1, -0.05) is 44.9 Å². The molecule has 1 amide bonds. The van der Waals surface area contributed by atoms with Crippen molar-refractivity contribution >= 4 is 16.0 Å². The van der Waals surface area contributed by atoms with Gasteiger partial charge in [-0.15, -0.1) is 0 Å². The van der Waals surface area contributed by atoms with Crippen LogP contribution >= 0.6 is 0 Å². The fourth-order valence-electron chi connectivity index (χ4n) is 4.21. The number of carbonyl (C=O) groups is 1. The van der Waals surface area contributed by atoms with Crippen LogP contribution < -0.4 is 5.32 Å². The molecule has 37 heavy (non-hydrogen) atoms. The standard InChI is InChI=1S/C24H47NO11S/c1-17(35-24-23(31)22(30)21(29)19(16-26)36-24)10-6-2-3-7-11-18(27)12-8-4-5-9-13-20(28)25-14-15-37(32,33)34/h17-19,21-24,26-27,29-31H,2-16H2,1H3,(H,25,28)(H,32,33,34)/t17-,18+,19-,21-,22+,23-,24-/m1/s1. The molecule has 0 aromatic carbocycles. The molecule has 1 saturated heterocycles. The molecule has 220 valence electrons. The molecule has 13 heteroatoms. The first-order chi connectivity index (χ1) is 17.4. The third-order valence-corrected chi connectivity index (χ3v) is 7.21. The zero-order valence-electron chi connectivity index (χ0n) is 21.8. The first kappa shape index (κ1) is 34.1. The highest BCUT2D eigenvalue weighted by molar-refractivity contribution is 7.85. The first-order valence-electron chi connectivity index (χ1n) is 13.3. The van der Waals surface area contributed by atoms with Crippen molar-refractivity contribution in [1.29, 1.82) is 0 Å². The van der Waals surface area contributed by atoms with Crippen LogP contribution in [0.3, 0.4) is 0 Å². The van der Waals surface area contributed by atoms with E-state index in [2.05, 4.69) is 5.32 Å². The summed E-state index contributed by atoms with van der Waals surface area (Å²) in [7, 11) is -4.06. The molecule has 7 N–H and O–H groups in total. The van der Waals surface area contributed by atoms with Crippen molar-refractivity contribution < 1.29 is 52.8 Å². The minimum absolute atomic E-state index is 0.0984. The predicted molar refractivity (Wildman–Crippen MR) is 135 cm³/mol. The molecule has 0 radical (unpaired) electrons. The third-order valence-electron chi connectivity index (χ3n) is 6.49.